The van der Waals surface area contributed by atoms with Crippen LogP contribution in [0.4, 0.5) is 4.39 Å². The minimum absolute atomic E-state index is 0.280. The Bertz CT molecular complexity index is 526. The van der Waals surface area contributed by atoms with Gasteiger partial charge in [0.05, 0.1) is 0 Å². The standard InChI is InChI=1S/C14H11Br2FO/c15-8-11-5-13(17)7-14(6-11)18-9-10-1-3-12(16)4-2-10/h1-7H,8-9H2. The van der Waals surface area contributed by atoms with Crippen molar-refractivity contribution >= 4 is 31.9 Å². The molecule has 0 saturated carbocycles. The van der Waals surface area contributed by atoms with Crippen molar-refractivity contribution in [3.63, 3.8) is 0 Å². The Kier molecular flexibility index (Phi) is 4.78. The highest BCUT2D eigenvalue weighted by Gasteiger charge is 2.02. The highest BCUT2D eigenvalue weighted by Crippen LogP contribution is 2.20. The quantitative estimate of drug-likeness (QED) is 0.680. The molecule has 0 unspecified atom stereocenters. The summed E-state index contributed by atoms with van der Waals surface area (Å²) in [4.78, 5) is 0. The molecule has 0 fully saturated rings. The second-order valence-corrected chi connectivity index (χ2v) is 5.32. The van der Waals surface area contributed by atoms with Gasteiger partial charge in [0, 0.05) is 15.9 Å². The van der Waals surface area contributed by atoms with Gasteiger partial charge >= 0.3 is 0 Å². The Hall–Kier alpha value is -0.870. The normalized spacial score (nSPS) is 10.4. The number of alkyl halides is 1. The molecule has 0 saturated heterocycles. The summed E-state index contributed by atoms with van der Waals surface area (Å²) in [6, 6.07) is 12.6. The van der Waals surface area contributed by atoms with Gasteiger partial charge < -0.3 is 4.74 Å². The maximum atomic E-state index is 13.3. The largest absolute Gasteiger partial charge is 0.489 e. The molecule has 0 heterocycles. The summed E-state index contributed by atoms with van der Waals surface area (Å²) in [6.45, 7) is 0.429. The molecule has 1 nitrogen and oxygen atoms in total. The third kappa shape index (κ3) is 3.82. The fourth-order valence-corrected chi connectivity index (χ4v) is 2.12. The molecule has 18 heavy (non-hydrogen) atoms. The van der Waals surface area contributed by atoms with E-state index < -0.39 is 0 Å². The topological polar surface area (TPSA) is 9.23 Å². The van der Waals surface area contributed by atoms with Crippen molar-refractivity contribution in [3.8, 4) is 5.75 Å². The van der Waals surface area contributed by atoms with E-state index in [0.717, 1.165) is 15.6 Å². The summed E-state index contributed by atoms with van der Waals surface area (Å²) in [5.41, 5.74) is 1.91. The van der Waals surface area contributed by atoms with Crippen molar-refractivity contribution in [1.29, 1.82) is 0 Å². The Morgan fingerprint density at radius 2 is 1.72 bits per heavy atom. The maximum Gasteiger partial charge on any atom is 0.127 e. The zero-order chi connectivity index (χ0) is 13.0. The zero-order valence-corrected chi connectivity index (χ0v) is 12.7. The van der Waals surface area contributed by atoms with Crippen LogP contribution in [0.25, 0.3) is 0 Å². The van der Waals surface area contributed by atoms with E-state index in [1.165, 1.54) is 12.1 Å². The molecular formula is C14H11Br2FO. The fourth-order valence-electron chi connectivity index (χ4n) is 1.53. The van der Waals surface area contributed by atoms with Gasteiger partial charge in [0.15, 0.2) is 0 Å². The summed E-state index contributed by atoms with van der Waals surface area (Å²) >= 11 is 6.68. The highest BCUT2D eigenvalue weighted by molar-refractivity contribution is 9.10. The molecule has 0 spiro atoms. The molecule has 0 N–H and O–H groups in total. The zero-order valence-electron chi connectivity index (χ0n) is 9.50. The number of benzene rings is 2. The first-order chi connectivity index (χ1) is 8.67. The highest BCUT2D eigenvalue weighted by atomic mass is 79.9. The number of rotatable bonds is 4. The van der Waals surface area contributed by atoms with Crippen LogP contribution in [-0.2, 0) is 11.9 Å². The van der Waals surface area contributed by atoms with Gasteiger partial charge in [-0.15, -0.1) is 0 Å². The second kappa shape index (κ2) is 6.34. The van der Waals surface area contributed by atoms with Gasteiger partial charge in [0.1, 0.15) is 18.2 Å². The number of hydrogen-bond acceptors (Lipinski definition) is 1. The molecule has 0 aliphatic rings. The van der Waals surface area contributed by atoms with E-state index in [0.29, 0.717) is 17.7 Å². The lowest BCUT2D eigenvalue weighted by Crippen LogP contribution is -1.96. The van der Waals surface area contributed by atoms with E-state index in [-0.39, 0.29) is 5.82 Å². The fraction of sp³-hybridized carbons (Fsp3) is 0.143. The first kappa shape index (κ1) is 13.6. The van der Waals surface area contributed by atoms with Crippen molar-refractivity contribution in [2.24, 2.45) is 0 Å². The molecular weight excluding hydrogens is 363 g/mol. The van der Waals surface area contributed by atoms with Crippen LogP contribution in [0.1, 0.15) is 11.1 Å². The Morgan fingerprint density at radius 1 is 1.00 bits per heavy atom. The third-order valence-corrected chi connectivity index (χ3v) is 3.58. The van der Waals surface area contributed by atoms with E-state index in [1.54, 1.807) is 0 Å². The first-order valence-corrected chi connectivity index (χ1v) is 7.31. The minimum Gasteiger partial charge on any atom is -0.489 e. The van der Waals surface area contributed by atoms with Crippen molar-refractivity contribution in [3.05, 3.63) is 63.9 Å². The molecule has 0 aromatic heterocycles. The summed E-state index contributed by atoms with van der Waals surface area (Å²) in [7, 11) is 0. The predicted octanol–water partition coefficient (Wildman–Crippen LogP) is 5.06. The SMILES string of the molecule is Fc1cc(CBr)cc(OCc2ccc(Br)cc2)c1. The lowest BCUT2D eigenvalue weighted by atomic mass is 10.2. The van der Waals surface area contributed by atoms with Gasteiger partial charge in [-0.3, -0.25) is 0 Å². The van der Waals surface area contributed by atoms with Gasteiger partial charge in [-0.05, 0) is 35.4 Å². The lowest BCUT2D eigenvalue weighted by Gasteiger charge is -2.08. The summed E-state index contributed by atoms with van der Waals surface area (Å²) in [5, 5.41) is 0.611. The van der Waals surface area contributed by atoms with Crippen LogP contribution < -0.4 is 4.74 Å². The monoisotopic (exact) mass is 372 g/mol. The Balaban J connectivity index is 2.05. The summed E-state index contributed by atoms with van der Waals surface area (Å²) < 4.78 is 19.9. The van der Waals surface area contributed by atoms with Crippen LogP contribution in [0.15, 0.2) is 46.9 Å². The third-order valence-electron chi connectivity index (χ3n) is 2.40. The molecule has 4 heteroatoms. The van der Waals surface area contributed by atoms with Crippen molar-refractivity contribution in [1.82, 2.24) is 0 Å². The Labute approximate surface area is 122 Å². The molecule has 0 aliphatic carbocycles. The van der Waals surface area contributed by atoms with Crippen LogP contribution in [-0.4, -0.2) is 0 Å². The molecule has 94 valence electrons. The van der Waals surface area contributed by atoms with Gasteiger partial charge in [0.2, 0.25) is 0 Å². The van der Waals surface area contributed by atoms with Crippen LogP contribution in [0, 0.1) is 5.82 Å². The molecule has 2 aromatic rings. The Morgan fingerprint density at radius 3 is 2.39 bits per heavy atom. The summed E-state index contributed by atoms with van der Waals surface area (Å²) in [6.07, 6.45) is 0. The van der Waals surface area contributed by atoms with Crippen LogP contribution >= 0.6 is 31.9 Å². The van der Waals surface area contributed by atoms with Gasteiger partial charge in [-0.1, -0.05) is 44.0 Å². The van der Waals surface area contributed by atoms with E-state index in [1.807, 2.05) is 30.3 Å². The molecule has 0 radical (unpaired) electrons. The first-order valence-electron chi connectivity index (χ1n) is 5.40. The van der Waals surface area contributed by atoms with Gasteiger partial charge in [0.25, 0.3) is 0 Å². The average Bonchev–Trinajstić information content (AvgIpc) is 2.37. The predicted molar refractivity (Wildman–Crippen MR) is 77.5 cm³/mol. The average molecular weight is 374 g/mol. The number of ether oxygens (including phenoxy) is 1. The smallest absolute Gasteiger partial charge is 0.127 e. The molecule has 0 atom stereocenters. The van der Waals surface area contributed by atoms with E-state index >= 15 is 0 Å². The van der Waals surface area contributed by atoms with Crippen LogP contribution in [0.5, 0.6) is 5.75 Å². The molecule has 0 amide bonds. The van der Waals surface area contributed by atoms with E-state index in [2.05, 4.69) is 31.9 Å². The van der Waals surface area contributed by atoms with Crippen LogP contribution in [0.2, 0.25) is 0 Å². The maximum absolute atomic E-state index is 13.3. The van der Waals surface area contributed by atoms with Crippen LogP contribution in [0.3, 0.4) is 0 Å². The lowest BCUT2D eigenvalue weighted by molar-refractivity contribution is 0.304. The van der Waals surface area contributed by atoms with Gasteiger partial charge in [-0.2, -0.15) is 0 Å². The van der Waals surface area contributed by atoms with Crippen molar-refractivity contribution in [2.75, 3.05) is 0 Å². The molecule has 2 aromatic carbocycles. The van der Waals surface area contributed by atoms with Crippen molar-refractivity contribution in [2.45, 2.75) is 11.9 Å². The van der Waals surface area contributed by atoms with Crippen molar-refractivity contribution < 1.29 is 9.13 Å². The van der Waals surface area contributed by atoms with E-state index in [9.17, 15) is 4.39 Å². The second-order valence-electron chi connectivity index (χ2n) is 3.84. The number of halogens is 3. The molecule has 0 aliphatic heterocycles. The molecule has 0 bridgehead atoms. The summed E-state index contributed by atoms with van der Waals surface area (Å²) in [5.74, 6) is 0.269. The minimum atomic E-state index is -0.280. The number of hydrogen-bond donors (Lipinski definition) is 0. The van der Waals surface area contributed by atoms with Gasteiger partial charge in [-0.25, -0.2) is 4.39 Å². The van der Waals surface area contributed by atoms with E-state index in [4.69, 9.17) is 4.74 Å². The molecule has 2 rings (SSSR count).